The summed E-state index contributed by atoms with van der Waals surface area (Å²) in [6, 6.07) is 1.09. The van der Waals surface area contributed by atoms with Gasteiger partial charge in [0.2, 0.25) is 0 Å². The zero-order valence-electron chi connectivity index (χ0n) is 8.81. The predicted octanol–water partition coefficient (Wildman–Crippen LogP) is 0.401. The molecule has 0 amide bonds. The van der Waals surface area contributed by atoms with E-state index in [1.54, 1.807) is 0 Å². The van der Waals surface area contributed by atoms with Crippen LogP contribution in [-0.4, -0.2) is 37.2 Å². The van der Waals surface area contributed by atoms with Gasteiger partial charge in [0, 0.05) is 0 Å². The van der Waals surface area contributed by atoms with Crippen LogP contribution in [0.4, 0.5) is 13.2 Å². The first-order chi connectivity index (χ1) is 8.34. The van der Waals surface area contributed by atoms with Crippen molar-refractivity contribution in [2.75, 3.05) is 13.2 Å². The van der Waals surface area contributed by atoms with Crippen molar-refractivity contribution in [3.05, 3.63) is 29.6 Å². The van der Waals surface area contributed by atoms with Gasteiger partial charge >= 0.3 is 0 Å². The molecule has 1 fully saturated rings. The van der Waals surface area contributed by atoms with Gasteiger partial charge in [-0.05, 0) is 12.1 Å². The molecular formula is C9H8F3NO4S. The summed E-state index contributed by atoms with van der Waals surface area (Å²) in [5.74, 6) is -5.19. The molecule has 18 heavy (non-hydrogen) atoms. The van der Waals surface area contributed by atoms with Crippen molar-refractivity contribution in [2.45, 2.75) is 11.0 Å². The predicted molar refractivity (Wildman–Crippen MR) is 52.2 cm³/mol. The first kappa shape index (κ1) is 13.3. The van der Waals surface area contributed by atoms with Crippen molar-refractivity contribution in [1.29, 1.82) is 0 Å². The second-order valence-electron chi connectivity index (χ2n) is 3.61. The highest BCUT2D eigenvalue weighted by atomic mass is 32.2. The van der Waals surface area contributed by atoms with Crippen molar-refractivity contribution in [1.82, 2.24) is 4.47 Å². The Kier molecular flexibility index (Phi) is 3.32. The number of hydrogen-bond donors (Lipinski definition) is 1. The summed E-state index contributed by atoms with van der Waals surface area (Å²) in [7, 11) is -4.47. The van der Waals surface area contributed by atoms with E-state index in [1.165, 1.54) is 0 Å². The van der Waals surface area contributed by atoms with Crippen LogP contribution in [0.3, 0.4) is 0 Å². The van der Waals surface area contributed by atoms with Crippen LogP contribution in [0.1, 0.15) is 0 Å². The minimum Gasteiger partial charge on any atom is -0.389 e. The highest BCUT2D eigenvalue weighted by Crippen LogP contribution is 2.25. The molecule has 9 heteroatoms. The zero-order chi connectivity index (χ0) is 13.5. The fourth-order valence-corrected chi connectivity index (χ4v) is 2.77. The van der Waals surface area contributed by atoms with Crippen LogP contribution in [0.5, 0.6) is 0 Å². The molecule has 1 saturated heterocycles. The minimum absolute atomic E-state index is 0.273. The molecule has 0 aliphatic carbocycles. The molecule has 5 nitrogen and oxygen atoms in total. The summed E-state index contributed by atoms with van der Waals surface area (Å²) in [5.41, 5.74) is 0. The van der Waals surface area contributed by atoms with Gasteiger partial charge in [0.05, 0.1) is 19.3 Å². The molecule has 1 aromatic carbocycles. The van der Waals surface area contributed by atoms with Crippen molar-refractivity contribution in [3.8, 4) is 0 Å². The van der Waals surface area contributed by atoms with Crippen LogP contribution in [0.2, 0.25) is 0 Å². The molecule has 1 unspecified atom stereocenters. The number of aliphatic hydroxyl groups excluding tert-OH is 1. The summed E-state index contributed by atoms with van der Waals surface area (Å²) in [4.78, 5) is 3.58. The second kappa shape index (κ2) is 4.50. The lowest BCUT2D eigenvalue weighted by Crippen LogP contribution is -2.29. The number of rotatable bonds is 2. The Morgan fingerprint density at radius 1 is 1.28 bits per heavy atom. The van der Waals surface area contributed by atoms with Gasteiger partial charge in [-0.25, -0.2) is 21.6 Å². The van der Waals surface area contributed by atoms with Gasteiger partial charge in [0.1, 0.15) is 4.90 Å². The van der Waals surface area contributed by atoms with E-state index in [1.807, 2.05) is 0 Å². The molecule has 1 heterocycles. The normalized spacial score (nSPS) is 21.4. The number of aliphatic hydroxyl groups is 1. The average Bonchev–Trinajstić information content (AvgIpc) is 2.73. The third kappa shape index (κ3) is 2.09. The van der Waals surface area contributed by atoms with E-state index in [9.17, 15) is 21.6 Å². The highest BCUT2D eigenvalue weighted by molar-refractivity contribution is 7.89. The third-order valence-electron chi connectivity index (χ3n) is 2.32. The molecule has 0 bridgehead atoms. The van der Waals surface area contributed by atoms with Gasteiger partial charge in [-0.2, -0.15) is 0 Å². The van der Waals surface area contributed by atoms with E-state index in [0.29, 0.717) is 16.6 Å². The maximum Gasteiger partial charge on any atom is 0.268 e. The lowest BCUT2D eigenvalue weighted by molar-refractivity contribution is -0.0318. The summed E-state index contributed by atoms with van der Waals surface area (Å²) in [6.07, 6.45) is -1.05. The Morgan fingerprint density at radius 2 is 1.94 bits per heavy atom. The molecule has 0 aromatic heterocycles. The summed E-state index contributed by atoms with van der Waals surface area (Å²) < 4.78 is 63.0. The van der Waals surface area contributed by atoms with Gasteiger partial charge in [-0.3, -0.25) is 4.84 Å². The second-order valence-corrected chi connectivity index (χ2v) is 5.41. The topological polar surface area (TPSA) is 66.8 Å². The van der Waals surface area contributed by atoms with Gasteiger partial charge in [0.15, 0.2) is 17.5 Å². The minimum atomic E-state index is -4.47. The van der Waals surface area contributed by atoms with Crippen LogP contribution in [0.15, 0.2) is 17.0 Å². The number of benzene rings is 1. The quantitative estimate of drug-likeness (QED) is 0.798. The van der Waals surface area contributed by atoms with Gasteiger partial charge in [-0.1, -0.05) is 4.47 Å². The first-order valence-corrected chi connectivity index (χ1v) is 6.25. The molecule has 1 aromatic rings. The first-order valence-electron chi connectivity index (χ1n) is 4.81. The summed E-state index contributed by atoms with van der Waals surface area (Å²) in [5, 5.41) is 9.12. The van der Waals surface area contributed by atoms with Crippen molar-refractivity contribution < 1.29 is 31.5 Å². The van der Waals surface area contributed by atoms with Gasteiger partial charge in [-0.15, -0.1) is 0 Å². The molecule has 0 spiro atoms. The monoisotopic (exact) mass is 283 g/mol. The summed E-state index contributed by atoms with van der Waals surface area (Å²) in [6.45, 7) is -0.675. The summed E-state index contributed by atoms with van der Waals surface area (Å²) >= 11 is 0. The third-order valence-corrected chi connectivity index (χ3v) is 3.98. The van der Waals surface area contributed by atoms with Crippen molar-refractivity contribution in [2.24, 2.45) is 0 Å². The number of nitrogens with zero attached hydrogens (tertiary/aromatic N) is 1. The van der Waals surface area contributed by atoms with Crippen LogP contribution in [-0.2, 0) is 14.9 Å². The number of hydrogen-bond acceptors (Lipinski definition) is 4. The standard InChI is InChI=1S/C9H8F3NO4S/c10-6-1-2-7(9(12)8(6)11)18(15,16)13-3-5(14)4-17-13/h1-2,5,14H,3-4H2. The molecule has 2 rings (SSSR count). The Bertz CT molecular complexity index is 577. The zero-order valence-corrected chi connectivity index (χ0v) is 9.62. The fourth-order valence-electron chi connectivity index (χ4n) is 1.43. The molecule has 0 saturated carbocycles. The van der Waals surface area contributed by atoms with Crippen LogP contribution in [0.25, 0.3) is 0 Å². The van der Waals surface area contributed by atoms with E-state index < -0.39 is 45.0 Å². The Balaban J connectivity index is 2.45. The Labute approximate surface area is 100 Å². The molecule has 0 radical (unpaired) electrons. The van der Waals surface area contributed by atoms with Crippen LogP contribution in [0, 0.1) is 17.5 Å². The van der Waals surface area contributed by atoms with Crippen molar-refractivity contribution in [3.63, 3.8) is 0 Å². The van der Waals surface area contributed by atoms with E-state index >= 15 is 0 Å². The number of hydroxylamine groups is 1. The Morgan fingerprint density at radius 3 is 2.50 bits per heavy atom. The van der Waals surface area contributed by atoms with Gasteiger partial charge < -0.3 is 5.11 Å². The van der Waals surface area contributed by atoms with Gasteiger partial charge in [0.25, 0.3) is 10.0 Å². The molecule has 1 aliphatic heterocycles. The molecular weight excluding hydrogens is 275 g/mol. The smallest absolute Gasteiger partial charge is 0.268 e. The lowest BCUT2D eigenvalue weighted by Gasteiger charge is -2.14. The maximum absolute atomic E-state index is 13.4. The fraction of sp³-hybridized carbons (Fsp3) is 0.333. The Hall–Kier alpha value is -1.16. The van der Waals surface area contributed by atoms with E-state index in [4.69, 9.17) is 5.11 Å². The average molecular weight is 283 g/mol. The molecule has 1 aliphatic rings. The molecule has 1 atom stereocenters. The number of sulfonamides is 1. The van der Waals surface area contributed by atoms with E-state index in [-0.39, 0.29) is 6.61 Å². The molecule has 100 valence electrons. The number of β-amino-alcohol motifs (C(OH)–C–C–N with tert-alkyl or cyclic N) is 1. The van der Waals surface area contributed by atoms with Crippen LogP contribution < -0.4 is 0 Å². The van der Waals surface area contributed by atoms with Crippen LogP contribution >= 0.6 is 0 Å². The largest absolute Gasteiger partial charge is 0.389 e. The van der Waals surface area contributed by atoms with E-state index in [2.05, 4.69) is 4.84 Å². The highest BCUT2D eigenvalue weighted by Gasteiger charge is 2.36. The molecule has 1 N–H and O–H groups in total. The maximum atomic E-state index is 13.4. The lowest BCUT2D eigenvalue weighted by atomic mass is 10.3. The number of halogens is 3. The van der Waals surface area contributed by atoms with E-state index in [0.717, 1.165) is 0 Å². The SMILES string of the molecule is O=S(=O)(c1ccc(F)c(F)c1F)N1CC(O)CO1. The van der Waals surface area contributed by atoms with Crippen molar-refractivity contribution >= 4 is 10.0 Å².